The Morgan fingerprint density at radius 3 is 2.40 bits per heavy atom. The number of benzene rings is 1. The Kier molecular flexibility index (Phi) is 4.65. The lowest BCUT2D eigenvalue weighted by molar-refractivity contribution is 0.0664. The normalized spacial score (nSPS) is 16.6. The van der Waals surface area contributed by atoms with Gasteiger partial charge in [0.25, 0.3) is 5.91 Å². The second-order valence-corrected chi connectivity index (χ2v) is 5.74. The number of rotatable bonds is 3. The lowest BCUT2D eigenvalue weighted by atomic mass is 10.1. The maximum absolute atomic E-state index is 12.5. The van der Waals surface area contributed by atoms with Gasteiger partial charge in [-0.05, 0) is 51.6 Å². The van der Waals surface area contributed by atoms with E-state index >= 15 is 0 Å². The van der Waals surface area contributed by atoms with Crippen LogP contribution in [0.3, 0.4) is 0 Å². The molecule has 0 saturated carbocycles. The molecule has 0 spiro atoms. The van der Waals surface area contributed by atoms with Crippen molar-refractivity contribution in [3.8, 4) is 5.75 Å². The van der Waals surface area contributed by atoms with Crippen LogP contribution in [-0.4, -0.2) is 55.0 Å². The molecule has 1 fully saturated rings. The van der Waals surface area contributed by atoms with Crippen LogP contribution < -0.4 is 4.74 Å². The molecule has 1 saturated heterocycles. The monoisotopic (exact) mass is 276 g/mol. The Bertz CT molecular complexity index is 477. The molecular formula is C16H24N2O2. The highest BCUT2D eigenvalue weighted by atomic mass is 16.5. The molecule has 4 heteroatoms. The summed E-state index contributed by atoms with van der Waals surface area (Å²) in [6.07, 6.45) is 0.146. The fraction of sp³-hybridized carbons (Fsp3) is 0.562. The van der Waals surface area contributed by atoms with Gasteiger partial charge in [-0.1, -0.05) is 0 Å². The van der Waals surface area contributed by atoms with Crippen molar-refractivity contribution in [2.75, 3.05) is 33.2 Å². The SMILES string of the molecule is Cc1cc(C(=O)N2CCN(C)CC2)ccc1OC(C)C. The second-order valence-electron chi connectivity index (χ2n) is 5.74. The fourth-order valence-corrected chi connectivity index (χ4v) is 2.36. The predicted molar refractivity (Wildman–Crippen MR) is 80.3 cm³/mol. The van der Waals surface area contributed by atoms with Gasteiger partial charge in [-0.3, -0.25) is 4.79 Å². The number of ether oxygens (including phenoxy) is 1. The van der Waals surface area contributed by atoms with Crippen molar-refractivity contribution in [3.63, 3.8) is 0 Å². The summed E-state index contributed by atoms with van der Waals surface area (Å²) in [7, 11) is 2.09. The Morgan fingerprint density at radius 1 is 1.20 bits per heavy atom. The summed E-state index contributed by atoms with van der Waals surface area (Å²) >= 11 is 0. The molecule has 1 aliphatic heterocycles. The van der Waals surface area contributed by atoms with Crippen LogP contribution in [0.4, 0.5) is 0 Å². The molecule has 2 rings (SSSR count). The predicted octanol–water partition coefficient (Wildman–Crippen LogP) is 2.17. The lowest BCUT2D eigenvalue weighted by Crippen LogP contribution is -2.47. The first-order chi connectivity index (χ1) is 9.47. The molecule has 1 aliphatic rings. The molecule has 1 aromatic rings. The van der Waals surface area contributed by atoms with Crippen LogP contribution in [0, 0.1) is 6.92 Å². The van der Waals surface area contributed by atoms with E-state index in [1.807, 2.05) is 43.9 Å². The van der Waals surface area contributed by atoms with E-state index in [-0.39, 0.29) is 12.0 Å². The Balaban J connectivity index is 2.09. The van der Waals surface area contributed by atoms with Crippen molar-refractivity contribution < 1.29 is 9.53 Å². The van der Waals surface area contributed by atoms with Crippen molar-refractivity contribution in [3.05, 3.63) is 29.3 Å². The molecule has 110 valence electrons. The van der Waals surface area contributed by atoms with Gasteiger partial charge in [0.1, 0.15) is 5.75 Å². The van der Waals surface area contributed by atoms with E-state index in [2.05, 4.69) is 11.9 Å². The minimum atomic E-state index is 0.122. The average molecular weight is 276 g/mol. The van der Waals surface area contributed by atoms with E-state index in [1.165, 1.54) is 0 Å². The molecule has 20 heavy (non-hydrogen) atoms. The minimum absolute atomic E-state index is 0.122. The van der Waals surface area contributed by atoms with Crippen LogP contribution in [-0.2, 0) is 0 Å². The van der Waals surface area contributed by atoms with E-state index in [0.29, 0.717) is 0 Å². The molecule has 0 unspecified atom stereocenters. The first-order valence-corrected chi connectivity index (χ1v) is 7.22. The highest BCUT2D eigenvalue weighted by Gasteiger charge is 2.20. The molecule has 0 bridgehead atoms. The van der Waals surface area contributed by atoms with Crippen LogP contribution in [0.25, 0.3) is 0 Å². The molecule has 0 aliphatic carbocycles. The quantitative estimate of drug-likeness (QED) is 0.848. The van der Waals surface area contributed by atoms with Crippen LogP contribution in [0.1, 0.15) is 29.8 Å². The van der Waals surface area contributed by atoms with E-state index in [1.54, 1.807) is 0 Å². The van der Waals surface area contributed by atoms with E-state index in [9.17, 15) is 4.79 Å². The Morgan fingerprint density at radius 2 is 1.85 bits per heavy atom. The highest BCUT2D eigenvalue weighted by molar-refractivity contribution is 5.94. The maximum Gasteiger partial charge on any atom is 0.253 e. The molecule has 0 N–H and O–H groups in total. The van der Waals surface area contributed by atoms with Crippen LogP contribution in [0.2, 0.25) is 0 Å². The summed E-state index contributed by atoms with van der Waals surface area (Å²) in [6, 6.07) is 5.70. The van der Waals surface area contributed by atoms with Gasteiger partial charge >= 0.3 is 0 Å². The number of aryl methyl sites for hydroxylation is 1. The molecule has 1 heterocycles. The standard InChI is InChI=1S/C16H24N2O2/c1-12(2)20-15-6-5-14(11-13(15)3)16(19)18-9-7-17(4)8-10-18/h5-6,11-12H,7-10H2,1-4H3. The third-order valence-electron chi connectivity index (χ3n) is 3.58. The number of hydrogen-bond acceptors (Lipinski definition) is 3. The molecule has 1 aromatic carbocycles. The largest absolute Gasteiger partial charge is 0.491 e. The average Bonchev–Trinajstić information content (AvgIpc) is 2.41. The topological polar surface area (TPSA) is 32.8 Å². The van der Waals surface area contributed by atoms with Gasteiger partial charge in [0, 0.05) is 31.7 Å². The molecule has 0 aromatic heterocycles. The van der Waals surface area contributed by atoms with Crippen LogP contribution in [0.5, 0.6) is 5.75 Å². The number of carbonyl (C=O) groups is 1. The van der Waals surface area contributed by atoms with E-state index in [4.69, 9.17) is 4.74 Å². The number of amides is 1. The number of hydrogen-bond donors (Lipinski definition) is 0. The number of piperazine rings is 1. The van der Waals surface area contributed by atoms with Gasteiger partial charge in [0.2, 0.25) is 0 Å². The third kappa shape index (κ3) is 3.51. The summed E-state index contributed by atoms with van der Waals surface area (Å²) in [5, 5.41) is 0. The zero-order valence-electron chi connectivity index (χ0n) is 12.8. The van der Waals surface area contributed by atoms with Crippen molar-refractivity contribution in [2.24, 2.45) is 0 Å². The zero-order valence-corrected chi connectivity index (χ0v) is 12.8. The van der Waals surface area contributed by atoms with Gasteiger partial charge in [-0.25, -0.2) is 0 Å². The zero-order chi connectivity index (χ0) is 14.7. The first kappa shape index (κ1) is 14.9. The summed E-state index contributed by atoms with van der Waals surface area (Å²) in [6.45, 7) is 9.49. The van der Waals surface area contributed by atoms with Crippen LogP contribution >= 0.6 is 0 Å². The van der Waals surface area contributed by atoms with Gasteiger partial charge in [-0.15, -0.1) is 0 Å². The van der Waals surface area contributed by atoms with Gasteiger partial charge < -0.3 is 14.5 Å². The van der Waals surface area contributed by atoms with Gasteiger partial charge in [0.15, 0.2) is 0 Å². The molecule has 0 atom stereocenters. The van der Waals surface area contributed by atoms with Gasteiger partial charge in [-0.2, -0.15) is 0 Å². The van der Waals surface area contributed by atoms with Crippen molar-refractivity contribution in [1.29, 1.82) is 0 Å². The third-order valence-corrected chi connectivity index (χ3v) is 3.58. The van der Waals surface area contributed by atoms with Crippen molar-refractivity contribution in [1.82, 2.24) is 9.80 Å². The summed E-state index contributed by atoms with van der Waals surface area (Å²) in [5.41, 5.74) is 1.77. The summed E-state index contributed by atoms with van der Waals surface area (Å²) in [4.78, 5) is 16.6. The molecule has 4 nitrogen and oxygen atoms in total. The van der Waals surface area contributed by atoms with E-state index in [0.717, 1.165) is 43.1 Å². The Labute approximate surface area is 121 Å². The highest BCUT2D eigenvalue weighted by Crippen LogP contribution is 2.21. The molecule has 0 radical (unpaired) electrons. The lowest BCUT2D eigenvalue weighted by Gasteiger charge is -2.32. The van der Waals surface area contributed by atoms with Crippen molar-refractivity contribution >= 4 is 5.91 Å². The number of likely N-dealkylation sites (N-methyl/N-ethyl adjacent to an activating group) is 1. The molecular weight excluding hydrogens is 252 g/mol. The number of carbonyl (C=O) groups excluding carboxylic acids is 1. The second kappa shape index (κ2) is 6.27. The number of nitrogens with zero attached hydrogens (tertiary/aromatic N) is 2. The maximum atomic E-state index is 12.5. The molecule has 1 amide bonds. The van der Waals surface area contributed by atoms with E-state index < -0.39 is 0 Å². The summed E-state index contributed by atoms with van der Waals surface area (Å²) in [5.74, 6) is 0.979. The van der Waals surface area contributed by atoms with Crippen molar-refractivity contribution in [2.45, 2.75) is 26.9 Å². The fourth-order valence-electron chi connectivity index (χ4n) is 2.36. The summed E-state index contributed by atoms with van der Waals surface area (Å²) < 4.78 is 5.71. The van der Waals surface area contributed by atoms with Crippen LogP contribution in [0.15, 0.2) is 18.2 Å². The first-order valence-electron chi connectivity index (χ1n) is 7.22. The minimum Gasteiger partial charge on any atom is -0.491 e. The smallest absolute Gasteiger partial charge is 0.253 e. The Hall–Kier alpha value is -1.55. The van der Waals surface area contributed by atoms with Gasteiger partial charge in [0.05, 0.1) is 6.10 Å².